The zero-order chi connectivity index (χ0) is 19.4. The summed E-state index contributed by atoms with van der Waals surface area (Å²) in [5.41, 5.74) is -0.806. The molecule has 0 radical (unpaired) electrons. The Labute approximate surface area is 154 Å². The van der Waals surface area contributed by atoms with Crippen LogP contribution in [0.3, 0.4) is 0 Å². The summed E-state index contributed by atoms with van der Waals surface area (Å²) < 4.78 is 9.60. The molecule has 0 aliphatic carbocycles. The molecule has 2 rings (SSSR count). The highest BCUT2D eigenvalue weighted by atomic mass is 32.2. The zero-order valence-corrected chi connectivity index (χ0v) is 14.9. The van der Waals surface area contributed by atoms with Crippen molar-refractivity contribution in [2.45, 2.75) is 0 Å². The predicted octanol–water partition coefficient (Wildman–Crippen LogP) is 2.84. The number of esters is 2. The summed E-state index contributed by atoms with van der Waals surface area (Å²) in [6.07, 6.45) is 1.36. The van der Waals surface area contributed by atoms with Crippen molar-refractivity contribution in [3.8, 4) is 0 Å². The Morgan fingerprint density at radius 1 is 1.00 bits per heavy atom. The Morgan fingerprint density at radius 3 is 1.96 bits per heavy atom. The van der Waals surface area contributed by atoms with Crippen molar-refractivity contribution in [2.75, 3.05) is 14.2 Å². The second-order valence-electron chi connectivity index (χ2n) is 4.57. The molecule has 0 atom stereocenters. The fraction of sp³-hybridized carbons (Fsp3) is 0.143. The molecule has 0 bridgehead atoms. The molecule has 1 heterocycles. The van der Waals surface area contributed by atoms with Crippen LogP contribution in [0, 0.1) is 20.2 Å². The number of carbonyl (C=O) groups excluding carboxylic acids is 2. The Bertz CT molecular complexity index is 848. The highest BCUT2D eigenvalue weighted by Gasteiger charge is 2.32. The second kappa shape index (κ2) is 8.01. The van der Waals surface area contributed by atoms with Gasteiger partial charge in [-0.3, -0.25) is 20.2 Å². The zero-order valence-electron chi connectivity index (χ0n) is 13.3. The summed E-state index contributed by atoms with van der Waals surface area (Å²) in [5.74, 6) is -1.49. The molecular weight excluding hydrogens is 388 g/mol. The van der Waals surface area contributed by atoms with Gasteiger partial charge in [-0.2, -0.15) is 0 Å². The fourth-order valence-electron chi connectivity index (χ4n) is 1.88. The van der Waals surface area contributed by atoms with Gasteiger partial charge < -0.3 is 9.47 Å². The number of hydrogen-bond acceptors (Lipinski definition) is 10. The third kappa shape index (κ3) is 4.03. The van der Waals surface area contributed by atoms with Gasteiger partial charge in [0.25, 0.3) is 11.4 Å². The molecule has 136 valence electrons. The van der Waals surface area contributed by atoms with E-state index in [1.165, 1.54) is 12.1 Å². The number of nitro benzene ring substituents is 2. The normalized spacial score (nSPS) is 13.4. The number of nitrogens with zero attached hydrogens (tertiary/aromatic N) is 2. The number of non-ortho nitro benzene ring substituents is 1. The number of nitro groups is 2. The van der Waals surface area contributed by atoms with Gasteiger partial charge in [0.15, 0.2) is 0 Å². The SMILES string of the molecule is COC(=O)C1=C(C(=O)OC)SC(=Cc2ccc([N+](=O)[O-])cc2[N+](=O)[O-])S1. The van der Waals surface area contributed by atoms with Crippen LogP contribution in [0.4, 0.5) is 11.4 Å². The number of hydrogen-bond donors (Lipinski definition) is 0. The number of methoxy groups -OCH3 is 2. The smallest absolute Gasteiger partial charge is 0.346 e. The Balaban J connectivity index is 2.43. The molecule has 0 aromatic heterocycles. The third-order valence-corrected chi connectivity index (χ3v) is 5.47. The maximum Gasteiger partial charge on any atom is 0.346 e. The first-order chi connectivity index (χ1) is 12.3. The van der Waals surface area contributed by atoms with Crippen LogP contribution >= 0.6 is 23.5 Å². The molecule has 10 nitrogen and oxygen atoms in total. The van der Waals surface area contributed by atoms with Crippen molar-refractivity contribution < 1.29 is 28.9 Å². The lowest BCUT2D eigenvalue weighted by molar-refractivity contribution is -0.394. The van der Waals surface area contributed by atoms with Crippen LogP contribution < -0.4 is 0 Å². The second-order valence-corrected chi connectivity index (χ2v) is 6.93. The summed E-state index contributed by atoms with van der Waals surface area (Å²) in [5, 5.41) is 22.0. The minimum atomic E-state index is -0.750. The molecule has 1 aromatic rings. The van der Waals surface area contributed by atoms with E-state index in [9.17, 15) is 29.8 Å². The average molecular weight is 398 g/mol. The van der Waals surface area contributed by atoms with Gasteiger partial charge in [0.2, 0.25) is 0 Å². The number of thioether (sulfide) groups is 2. The van der Waals surface area contributed by atoms with E-state index in [-0.39, 0.29) is 15.4 Å². The van der Waals surface area contributed by atoms with Crippen molar-refractivity contribution in [3.05, 3.63) is 58.0 Å². The van der Waals surface area contributed by atoms with Gasteiger partial charge >= 0.3 is 11.9 Å². The standard InChI is InChI=1S/C14H10N2O8S2/c1-23-13(17)11-12(14(18)24-2)26-10(25-11)5-7-3-4-8(15(19)20)6-9(7)16(21)22/h3-6H,1-2H3. The van der Waals surface area contributed by atoms with Gasteiger partial charge in [-0.1, -0.05) is 23.5 Å². The van der Waals surface area contributed by atoms with Crippen LogP contribution in [0.15, 0.2) is 32.2 Å². The molecule has 0 saturated carbocycles. The Hall–Kier alpha value is -2.86. The van der Waals surface area contributed by atoms with E-state index in [1.807, 2.05) is 0 Å². The molecule has 0 saturated heterocycles. The lowest BCUT2D eigenvalue weighted by atomic mass is 10.1. The molecule has 1 aromatic carbocycles. The van der Waals surface area contributed by atoms with Crippen LogP contribution in [-0.4, -0.2) is 36.0 Å². The Kier molecular flexibility index (Phi) is 6.00. The molecule has 0 N–H and O–H groups in total. The number of rotatable bonds is 5. The first-order valence-corrected chi connectivity index (χ1v) is 8.33. The minimum Gasteiger partial charge on any atom is -0.465 e. The highest BCUT2D eigenvalue weighted by Crippen LogP contribution is 2.51. The van der Waals surface area contributed by atoms with Crippen molar-refractivity contribution in [1.82, 2.24) is 0 Å². The van der Waals surface area contributed by atoms with Gasteiger partial charge in [-0.05, 0) is 12.1 Å². The summed E-state index contributed by atoms with van der Waals surface area (Å²) in [6, 6.07) is 3.18. The first-order valence-electron chi connectivity index (χ1n) is 6.69. The van der Waals surface area contributed by atoms with Crippen LogP contribution in [-0.2, 0) is 19.1 Å². The van der Waals surface area contributed by atoms with Crippen molar-refractivity contribution in [1.29, 1.82) is 0 Å². The maximum absolute atomic E-state index is 11.8. The van der Waals surface area contributed by atoms with E-state index in [1.54, 1.807) is 0 Å². The molecule has 26 heavy (non-hydrogen) atoms. The summed E-state index contributed by atoms with van der Waals surface area (Å²) in [7, 11) is 2.30. The molecule has 12 heteroatoms. The lowest BCUT2D eigenvalue weighted by Crippen LogP contribution is -2.08. The molecule has 0 spiro atoms. The van der Waals surface area contributed by atoms with E-state index >= 15 is 0 Å². The largest absolute Gasteiger partial charge is 0.465 e. The Morgan fingerprint density at radius 2 is 1.54 bits per heavy atom. The maximum atomic E-state index is 11.8. The summed E-state index contributed by atoms with van der Waals surface area (Å²) in [4.78, 5) is 44.1. The summed E-state index contributed by atoms with van der Waals surface area (Å²) >= 11 is 1.79. The molecular formula is C14H10N2O8S2. The van der Waals surface area contributed by atoms with E-state index in [2.05, 4.69) is 9.47 Å². The highest BCUT2D eigenvalue weighted by molar-refractivity contribution is 8.29. The van der Waals surface area contributed by atoms with Crippen LogP contribution in [0.25, 0.3) is 6.08 Å². The molecule has 1 aliphatic rings. The van der Waals surface area contributed by atoms with Gasteiger partial charge in [0.05, 0.1) is 39.9 Å². The van der Waals surface area contributed by atoms with Gasteiger partial charge in [0.1, 0.15) is 9.81 Å². The first kappa shape index (κ1) is 19.5. The number of benzene rings is 1. The lowest BCUT2D eigenvalue weighted by Gasteiger charge is -2.00. The average Bonchev–Trinajstić information content (AvgIpc) is 3.04. The van der Waals surface area contributed by atoms with Crippen LogP contribution in [0.2, 0.25) is 0 Å². The fourth-order valence-corrected chi connectivity index (χ4v) is 4.26. The van der Waals surface area contributed by atoms with Gasteiger partial charge in [-0.25, -0.2) is 9.59 Å². The molecule has 1 aliphatic heterocycles. The van der Waals surface area contributed by atoms with Crippen LogP contribution in [0.1, 0.15) is 5.56 Å². The number of carbonyl (C=O) groups is 2. The van der Waals surface area contributed by atoms with E-state index in [0.29, 0.717) is 4.24 Å². The topological polar surface area (TPSA) is 139 Å². The quantitative estimate of drug-likeness (QED) is 0.413. The van der Waals surface area contributed by atoms with E-state index < -0.39 is 33.2 Å². The third-order valence-electron chi connectivity index (χ3n) is 3.05. The van der Waals surface area contributed by atoms with E-state index in [0.717, 1.165) is 49.9 Å². The molecule has 0 unspecified atom stereocenters. The molecule has 0 fully saturated rings. The monoisotopic (exact) mass is 398 g/mol. The van der Waals surface area contributed by atoms with Crippen molar-refractivity contribution in [2.24, 2.45) is 0 Å². The van der Waals surface area contributed by atoms with Gasteiger partial charge in [-0.15, -0.1) is 0 Å². The van der Waals surface area contributed by atoms with Crippen molar-refractivity contribution >= 4 is 52.9 Å². The number of ether oxygens (including phenoxy) is 2. The van der Waals surface area contributed by atoms with E-state index in [4.69, 9.17) is 0 Å². The summed E-state index contributed by atoms with van der Waals surface area (Å²) in [6.45, 7) is 0. The van der Waals surface area contributed by atoms with Crippen molar-refractivity contribution in [3.63, 3.8) is 0 Å². The predicted molar refractivity (Wildman–Crippen MR) is 94.0 cm³/mol. The van der Waals surface area contributed by atoms with Crippen LogP contribution in [0.5, 0.6) is 0 Å². The minimum absolute atomic E-state index is 0.000153. The van der Waals surface area contributed by atoms with Gasteiger partial charge in [0, 0.05) is 6.07 Å². The molecule has 0 amide bonds.